The highest BCUT2D eigenvalue weighted by atomic mass is 16.5. The molecule has 1 aromatic heterocycles. The van der Waals surface area contributed by atoms with Crippen molar-refractivity contribution < 1.29 is 4.74 Å². The second-order valence-corrected chi connectivity index (χ2v) is 3.44. The Bertz CT molecular complexity index is 248. The predicted octanol–water partition coefficient (Wildman–Crippen LogP) is 1.68. The lowest BCUT2D eigenvalue weighted by Crippen LogP contribution is -2.30. The summed E-state index contributed by atoms with van der Waals surface area (Å²) in [4.78, 5) is 0. The lowest BCUT2D eigenvalue weighted by atomic mass is 10.4. The van der Waals surface area contributed by atoms with Crippen LogP contribution in [0.2, 0.25) is 0 Å². The molecular formula is C10H18N2O. The molecule has 74 valence electrons. The van der Waals surface area contributed by atoms with Crippen LogP contribution < -0.4 is 5.43 Å². The number of hydrogen-bond acceptors (Lipinski definition) is 2. The summed E-state index contributed by atoms with van der Waals surface area (Å²) in [5.74, 6) is 0. The van der Waals surface area contributed by atoms with E-state index < -0.39 is 0 Å². The van der Waals surface area contributed by atoms with E-state index in [2.05, 4.69) is 43.0 Å². The Kier molecular flexibility index (Phi) is 3.37. The van der Waals surface area contributed by atoms with Gasteiger partial charge in [0.1, 0.15) is 0 Å². The van der Waals surface area contributed by atoms with E-state index in [4.69, 9.17) is 4.74 Å². The number of nitrogens with one attached hydrogen (secondary N) is 1. The van der Waals surface area contributed by atoms with Gasteiger partial charge in [-0.25, -0.2) is 0 Å². The zero-order valence-corrected chi connectivity index (χ0v) is 8.79. The molecule has 1 unspecified atom stereocenters. The lowest BCUT2D eigenvalue weighted by Gasteiger charge is -2.18. The molecule has 0 spiro atoms. The van der Waals surface area contributed by atoms with Gasteiger partial charge in [0.2, 0.25) is 0 Å². The average molecular weight is 182 g/mol. The first-order valence-electron chi connectivity index (χ1n) is 4.55. The Morgan fingerprint density at radius 1 is 1.38 bits per heavy atom. The zero-order chi connectivity index (χ0) is 9.84. The SMILES string of the molecule is COCC(C)Nn1c(C)ccc1C. The predicted molar refractivity (Wildman–Crippen MR) is 54.6 cm³/mol. The Balaban J connectivity index is 2.62. The highest BCUT2D eigenvalue weighted by molar-refractivity contribution is 5.15. The van der Waals surface area contributed by atoms with E-state index in [-0.39, 0.29) is 0 Å². The number of methoxy groups -OCH3 is 1. The van der Waals surface area contributed by atoms with Crippen molar-refractivity contribution in [1.82, 2.24) is 4.68 Å². The number of nitrogens with zero attached hydrogens (tertiary/aromatic N) is 1. The number of hydrogen-bond donors (Lipinski definition) is 1. The van der Waals surface area contributed by atoms with Crippen LogP contribution in [0.1, 0.15) is 18.3 Å². The molecule has 0 aliphatic heterocycles. The Labute approximate surface area is 79.7 Å². The van der Waals surface area contributed by atoms with Crippen LogP contribution >= 0.6 is 0 Å². The summed E-state index contributed by atoms with van der Waals surface area (Å²) in [6, 6.07) is 4.53. The molecule has 0 radical (unpaired) electrons. The molecule has 0 aliphatic rings. The smallest absolute Gasteiger partial charge is 0.0677 e. The first kappa shape index (κ1) is 10.1. The zero-order valence-electron chi connectivity index (χ0n) is 8.79. The van der Waals surface area contributed by atoms with Crippen molar-refractivity contribution in [3.8, 4) is 0 Å². The van der Waals surface area contributed by atoms with Crippen molar-refractivity contribution in [3.05, 3.63) is 23.5 Å². The standard InChI is InChI=1S/C10H18N2O/c1-8(7-13-4)11-12-9(2)5-6-10(12)3/h5-6,8,11H,7H2,1-4H3. The summed E-state index contributed by atoms with van der Waals surface area (Å²) >= 11 is 0. The topological polar surface area (TPSA) is 26.2 Å². The van der Waals surface area contributed by atoms with Gasteiger partial charge in [-0.1, -0.05) is 0 Å². The van der Waals surface area contributed by atoms with Crippen LogP contribution in [-0.4, -0.2) is 24.4 Å². The first-order valence-corrected chi connectivity index (χ1v) is 4.55. The maximum absolute atomic E-state index is 5.06. The van der Waals surface area contributed by atoms with Crippen LogP contribution in [0.15, 0.2) is 12.1 Å². The third-order valence-electron chi connectivity index (χ3n) is 2.04. The van der Waals surface area contributed by atoms with E-state index in [0.29, 0.717) is 6.04 Å². The molecule has 0 aromatic carbocycles. The quantitative estimate of drug-likeness (QED) is 0.766. The van der Waals surface area contributed by atoms with Crippen LogP contribution in [0.25, 0.3) is 0 Å². The fraction of sp³-hybridized carbons (Fsp3) is 0.600. The summed E-state index contributed by atoms with van der Waals surface area (Å²) in [5, 5.41) is 0. The molecule has 3 nitrogen and oxygen atoms in total. The Morgan fingerprint density at radius 2 is 1.92 bits per heavy atom. The van der Waals surface area contributed by atoms with Crippen molar-refractivity contribution in [3.63, 3.8) is 0 Å². The molecule has 0 fully saturated rings. The average Bonchev–Trinajstić information content (AvgIpc) is 2.36. The Hall–Kier alpha value is -0.960. The van der Waals surface area contributed by atoms with Crippen molar-refractivity contribution >= 4 is 0 Å². The van der Waals surface area contributed by atoms with E-state index >= 15 is 0 Å². The maximum atomic E-state index is 5.06. The lowest BCUT2D eigenvalue weighted by molar-refractivity contribution is 0.186. The molecule has 3 heteroatoms. The minimum atomic E-state index is 0.329. The third-order valence-corrected chi connectivity index (χ3v) is 2.04. The molecule has 1 atom stereocenters. The second kappa shape index (κ2) is 4.33. The normalized spacial score (nSPS) is 12.9. The van der Waals surface area contributed by atoms with Crippen LogP contribution in [0.4, 0.5) is 0 Å². The van der Waals surface area contributed by atoms with E-state index in [1.54, 1.807) is 7.11 Å². The molecule has 0 aliphatic carbocycles. The molecule has 1 N–H and O–H groups in total. The summed E-state index contributed by atoms with van der Waals surface area (Å²) in [6.45, 7) is 6.98. The monoisotopic (exact) mass is 182 g/mol. The van der Waals surface area contributed by atoms with Crippen molar-refractivity contribution in [2.45, 2.75) is 26.8 Å². The fourth-order valence-electron chi connectivity index (χ4n) is 1.38. The number of aryl methyl sites for hydroxylation is 2. The van der Waals surface area contributed by atoms with Crippen molar-refractivity contribution in [1.29, 1.82) is 0 Å². The van der Waals surface area contributed by atoms with Crippen molar-refractivity contribution in [2.24, 2.45) is 0 Å². The van der Waals surface area contributed by atoms with Gasteiger partial charge in [0.25, 0.3) is 0 Å². The van der Waals surface area contributed by atoms with Gasteiger partial charge in [0, 0.05) is 18.5 Å². The maximum Gasteiger partial charge on any atom is 0.0677 e. The van der Waals surface area contributed by atoms with Gasteiger partial charge in [0.15, 0.2) is 0 Å². The van der Waals surface area contributed by atoms with E-state index in [9.17, 15) is 0 Å². The first-order chi connectivity index (χ1) is 6.15. The van der Waals surface area contributed by atoms with E-state index in [1.165, 1.54) is 11.4 Å². The number of aromatic nitrogens is 1. The van der Waals surface area contributed by atoms with E-state index in [0.717, 1.165) is 6.61 Å². The van der Waals surface area contributed by atoms with Gasteiger partial charge in [0.05, 0.1) is 12.6 Å². The van der Waals surface area contributed by atoms with Gasteiger partial charge in [-0.2, -0.15) is 0 Å². The summed E-state index contributed by atoms with van der Waals surface area (Å²) in [6.07, 6.45) is 0. The second-order valence-electron chi connectivity index (χ2n) is 3.44. The number of rotatable bonds is 4. The highest BCUT2D eigenvalue weighted by Crippen LogP contribution is 2.04. The molecular weight excluding hydrogens is 164 g/mol. The molecule has 0 amide bonds. The van der Waals surface area contributed by atoms with Gasteiger partial charge in [-0.05, 0) is 32.9 Å². The molecule has 0 saturated heterocycles. The molecule has 0 bridgehead atoms. The van der Waals surface area contributed by atoms with Crippen molar-refractivity contribution in [2.75, 3.05) is 19.1 Å². The van der Waals surface area contributed by atoms with Crippen LogP contribution in [0.3, 0.4) is 0 Å². The fourth-order valence-corrected chi connectivity index (χ4v) is 1.38. The summed E-state index contributed by atoms with van der Waals surface area (Å²) in [7, 11) is 1.72. The van der Waals surface area contributed by atoms with Gasteiger partial charge < -0.3 is 10.2 Å². The van der Waals surface area contributed by atoms with Crippen LogP contribution in [0, 0.1) is 13.8 Å². The molecule has 0 saturated carbocycles. The largest absolute Gasteiger partial charge is 0.383 e. The summed E-state index contributed by atoms with van der Waals surface area (Å²) < 4.78 is 7.14. The molecule has 1 aromatic rings. The molecule has 13 heavy (non-hydrogen) atoms. The number of ether oxygens (including phenoxy) is 1. The minimum Gasteiger partial charge on any atom is -0.383 e. The van der Waals surface area contributed by atoms with E-state index in [1.807, 2.05) is 0 Å². The highest BCUT2D eigenvalue weighted by Gasteiger charge is 2.04. The molecule has 1 heterocycles. The molecule has 1 rings (SSSR count). The van der Waals surface area contributed by atoms with Crippen LogP contribution in [-0.2, 0) is 4.74 Å². The van der Waals surface area contributed by atoms with Crippen LogP contribution in [0.5, 0.6) is 0 Å². The Morgan fingerprint density at radius 3 is 2.38 bits per heavy atom. The summed E-state index contributed by atoms with van der Waals surface area (Å²) in [5.41, 5.74) is 5.80. The van der Waals surface area contributed by atoms with Gasteiger partial charge in [-0.3, -0.25) is 4.68 Å². The third kappa shape index (κ3) is 2.49. The van der Waals surface area contributed by atoms with Gasteiger partial charge in [-0.15, -0.1) is 0 Å². The van der Waals surface area contributed by atoms with Gasteiger partial charge >= 0.3 is 0 Å². The minimum absolute atomic E-state index is 0.329.